The molecule has 0 aromatic carbocycles. The summed E-state index contributed by atoms with van der Waals surface area (Å²) in [5.41, 5.74) is 0.811. The molecule has 1 aliphatic carbocycles. The normalized spacial score (nSPS) is 51.7. The van der Waals surface area contributed by atoms with Gasteiger partial charge in [-0.25, -0.2) is 0 Å². The van der Waals surface area contributed by atoms with Crippen molar-refractivity contribution < 1.29 is 14.9 Å². The van der Waals surface area contributed by atoms with Gasteiger partial charge in [0.25, 0.3) is 0 Å². The van der Waals surface area contributed by atoms with Gasteiger partial charge in [0, 0.05) is 0 Å². The van der Waals surface area contributed by atoms with E-state index in [9.17, 15) is 10.2 Å². The van der Waals surface area contributed by atoms with E-state index in [-0.39, 0.29) is 12.2 Å². The minimum Gasteiger partial charge on any atom is -0.386 e. The minimum absolute atomic E-state index is 0.139. The molecular weight excluding hydrogens is 132 g/mol. The molecule has 1 aliphatic heterocycles. The first-order chi connectivity index (χ1) is 4.70. The third-order valence-corrected chi connectivity index (χ3v) is 2.11. The quantitative estimate of drug-likeness (QED) is 0.352. The molecule has 0 aromatic rings. The van der Waals surface area contributed by atoms with Crippen LogP contribution in [0.5, 0.6) is 0 Å². The van der Waals surface area contributed by atoms with Gasteiger partial charge in [-0.3, -0.25) is 0 Å². The van der Waals surface area contributed by atoms with E-state index in [1.54, 1.807) is 13.0 Å². The smallest absolute Gasteiger partial charge is 0.117 e. The lowest BCUT2D eigenvalue weighted by Crippen LogP contribution is -2.29. The van der Waals surface area contributed by atoms with Crippen molar-refractivity contribution in [2.75, 3.05) is 0 Å². The average molecular weight is 142 g/mol. The predicted octanol–water partition coefficient (Wildman–Crippen LogP) is -0.565. The second kappa shape index (κ2) is 1.81. The zero-order valence-corrected chi connectivity index (χ0v) is 5.69. The van der Waals surface area contributed by atoms with E-state index < -0.39 is 12.2 Å². The predicted molar refractivity (Wildman–Crippen MR) is 34.4 cm³/mol. The number of hydrogen-bond donors (Lipinski definition) is 2. The molecule has 0 spiro atoms. The zero-order valence-electron chi connectivity index (χ0n) is 5.69. The number of aliphatic hydroxyl groups is 2. The Balaban J connectivity index is 2.22. The van der Waals surface area contributed by atoms with E-state index in [1.807, 2.05) is 0 Å². The highest BCUT2D eigenvalue weighted by Gasteiger charge is 2.51. The minimum atomic E-state index is -0.506. The first-order valence-corrected chi connectivity index (χ1v) is 3.40. The molecule has 3 nitrogen and oxygen atoms in total. The van der Waals surface area contributed by atoms with Gasteiger partial charge in [0.05, 0.1) is 0 Å². The molecule has 2 aliphatic rings. The van der Waals surface area contributed by atoms with Crippen LogP contribution in [0.4, 0.5) is 0 Å². The molecule has 4 atom stereocenters. The molecule has 2 N–H and O–H groups in total. The summed E-state index contributed by atoms with van der Waals surface area (Å²) in [6.07, 6.45) is 0.374. The van der Waals surface area contributed by atoms with E-state index in [2.05, 4.69) is 0 Å². The van der Waals surface area contributed by atoms with E-state index >= 15 is 0 Å². The summed E-state index contributed by atoms with van der Waals surface area (Å²) in [5.74, 6) is 0. The summed E-state index contributed by atoms with van der Waals surface area (Å²) in [4.78, 5) is 0. The van der Waals surface area contributed by atoms with Gasteiger partial charge in [-0.2, -0.15) is 0 Å². The SMILES string of the molecule is CC1=C[C@@H](O)[C@@H]2O[C@H]2[C@H]1O. The van der Waals surface area contributed by atoms with Gasteiger partial charge < -0.3 is 14.9 Å². The highest BCUT2D eigenvalue weighted by atomic mass is 16.6. The molecular formula is C7H10O3. The van der Waals surface area contributed by atoms with Gasteiger partial charge in [0.1, 0.15) is 24.4 Å². The molecule has 1 heterocycles. The Kier molecular flexibility index (Phi) is 1.15. The standard InChI is InChI=1S/C7H10O3/c1-3-2-4(8)6-7(10-6)5(3)9/h2,4-9H,1H3/t4-,5+,6+,7+/m1/s1. The largest absolute Gasteiger partial charge is 0.386 e. The number of rotatable bonds is 0. The third-order valence-electron chi connectivity index (χ3n) is 2.11. The van der Waals surface area contributed by atoms with Crippen molar-refractivity contribution in [3.63, 3.8) is 0 Å². The van der Waals surface area contributed by atoms with Crippen LogP contribution in [0, 0.1) is 0 Å². The fraction of sp³-hybridized carbons (Fsp3) is 0.714. The molecule has 1 saturated heterocycles. The van der Waals surface area contributed by atoms with Crippen LogP contribution in [0.15, 0.2) is 11.6 Å². The summed E-state index contributed by atoms with van der Waals surface area (Å²) >= 11 is 0. The Morgan fingerprint density at radius 3 is 2.80 bits per heavy atom. The third kappa shape index (κ3) is 0.714. The fourth-order valence-electron chi connectivity index (χ4n) is 1.39. The van der Waals surface area contributed by atoms with Crippen molar-refractivity contribution in [3.05, 3.63) is 11.6 Å². The molecule has 1 fully saturated rings. The van der Waals surface area contributed by atoms with Crippen molar-refractivity contribution >= 4 is 0 Å². The molecule has 10 heavy (non-hydrogen) atoms. The number of epoxide rings is 1. The van der Waals surface area contributed by atoms with Gasteiger partial charge in [0.15, 0.2) is 0 Å². The lowest BCUT2D eigenvalue weighted by atomic mass is 9.96. The molecule has 0 amide bonds. The maximum Gasteiger partial charge on any atom is 0.117 e. The number of fused-ring (bicyclic) bond motifs is 1. The van der Waals surface area contributed by atoms with Crippen LogP contribution in [-0.4, -0.2) is 34.6 Å². The fourth-order valence-corrected chi connectivity index (χ4v) is 1.39. The summed E-state index contributed by atoms with van der Waals surface area (Å²) in [7, 11) is 0. The Bertz CT molecular complexity index is 187. The molecule has 56 valence electrons. The van der Waals surface area contributed by atoms with Crippen molar-refractivity contribution in [3.8, 4) is 0 Å². The molecule has 0 radical (unpaired) electrons. The van der Waals surface area contributed by atoms with Gasteiger partial charge in [-0.1, -0.05) is 6.08 Å². The van der Waals surface area contributed by atoms with Crippen LogP contribution in [0.1, 0.15) is 6.92 Å². The Labute approximate surface area is 58.9 Å². The molecule has 0 aromatic heterocycles. The number of ether oxygens (including phenoxy) is 1. The van der Waals surface area contributed by atoms with Crippen molar-refractivity contribution in [2.24, 2.45) is 0 Å². The van der Waals surface area contributed by atoms with E-state index in [4.69, 9.17) is 4.74 Å². The van der Waals surface area contributed by atoms with Crippen molar-refractivity contribution in [2.45, 2.75) is 31.3 Å². The van der Waals surface area contributed by atoms with Crippen LogP contribution < -0.4 is 0 Å². The lowest BCUT2D eigenvalue weighted by molar-refractivity contribution is 0.163. The first-order valence-electron chi connectivity index (χ1n) is 3.40. The van der Waals surface area contributed by atoms with Gasteiger partial charge in [0.2, 0.25) is 0 Å². The van der Waals surface area contributed by atoms with Crippen LogP contribution in [0.25, 0.3) is 0 Å². The van der Waals surface area contributed by atoms with E-state index in [0.29, 0.717) is 0 Å². The van der Waals surface area contributed by atoms with Crippen LogP contribution >= 0.6 is 0 Å². The van der Waals surface area contributed by atoms with Crippen molar-refractivity contribution in [1.29, 1.82) is 0 Å². The van der Waals surface area contributed by atoms with Gasteiger partial charge in [-0.15, -0.1) is 0 Å². The monoisotopic (exact) mass is 142 g/mol. The number of aliphatic hydroxyl groups excluding tert-OH is 2. The number of hydrogen-bond acceptors (Lipinski definition) is 3. The van der Waals surface area contributed by atoms with Crippen LogP contribution in [0.2, 0.25) is 0 Å². The van der Waals surface area contributed by atoms with Gasteiger partial charge in [-0.05, 0) is 12.5 Å². The molecule has 2 rings (SSSR count). The Morgan fingerprint density at radius 2 is 2.10 bits per heavy atom. The van der Waals surface area contributed by atoms with Crippen LogP contribution in [0.3, 0.4) is 0 Å². The summed E-state index contributed by atoms with van der Waals surface area (Å²) in [6, 6.07) is 0. The van der Waals surface area contributed by atoms with E-state index in [1.165, 1.54) is 0 Å². The molecule has 0 saturated carbocycles. The first kappa shape index (κ1) is 6.34. The molecule has 0 bridgehead atoms. The summed E-state index contributed by atoms with van der Waals surface area (Å²) in [5, 5.41) is 18.5. The summed E-state index contributed by atoms with van der Waals surface area (Å²) in [6.45, 7) is 1.80. The second-order valence-electron chi connectivity index (χ2n) is 2.91. The van der Waals surface area contributed by atoms with Crippen molar-refractivity contribution in [1.82, 2.24) is 0 Å². The maximum atomic E-state index is 9.30. The Hall–Kier alpha value is -0.380. The highest BCUT2D eigenvalue weighted by molar-refractivity contribution is 5.22. The van der Waals surface area contributed by atoms with Crippen LogP contribution in [-0.2, 0) is 4.74 Å². The zero-order chi connectivity index (χ0) is 7.30. The molecule has 3 heteroatoms. The van der Waals surface area contributed by atoms with E-state index in [0.717, 1.165) is 5.57 Å². The lowest BCUT2D eigenvalue weighted by Gasteiger charge is -2.15. The second-order valence-corrected chi connectivity index (χ2v) is 2.91. The summed E-state index contributed by atoms with van der Waals surface area (Å²) < 4.78 is 5.02. The topological polar surface area (TPSA) is 53.0 Å². The van der Waals surface area contributed by atoms with Gasteiger partial charge >= 0.3 is 0 Å². The average Bonchev–Trinajstić information content (AvgIpc) is 2.61. The highest BCUT2D eigenvalue weighted by Crippen LogP contribution is 2.36. The Morgan fingerprint density at radius 1 is 1.40 bits per heavy atom. The molecule has 0 unspecified atom stereocenters. The maximum absolute atomic E-state index is 9.30.